The monoisotopic (exact) mass is 903 g/mol. The summed E-state index contributed by atoms with van der Waals surface area (Å²) in [5.74, 6) is 0. The first kappa shape index (κ1) is 62.0. The van der Waals surface area contributed by atoms with Crippen LogP contribution in [0.15, 0.2) is 0 Å². The minimum atomic E-state index is -4.15. The Morgan fingerprint density at radius 1 is 0.274 bits per heavy atom. The average Bonchev–Trinajstić information content (AvgIpc) is 3.22. The maximum atomic E-state index is 14.7. The summed E-state index contributed by atoms with van der Waals surface area (Å²) in [6, 6.07) is 0. The molecule has 0 aliphatic rings. The molecule has 0 aliphatic heterocycles. The highest BCUT2D eigenvalue weighted by Crippen LogP contribution is 2.53. The third kappa shape index (κ3) is 40.3. The first-order valence-corrected chi connectivity index (χ1v) is 29.2. The van der Waals surface area contributed by atoms with Crippen LogP contribution in [0, 0.1) is 0 Å². The standard InChI is InChI=1S/C54H111O7P/c1-10-16-19-22-25-28-31-34-37-40-46-52(43-13-4)56-49(7)59-62(55,60-50(8)57-53(44-14-5)47-41-38-35-32-29-26-23-20-17-11-2)61-51(9)58-54(45-15-6)48-42-39-36-33-30-27-24-21-18-12-3/h49-54H,10-48H2,1-9H3. The summed E-state index contributed by atoms with van der Waals surface area (Å²) in [6.45, 7) is 18.9. The molecule has 0 radical (unpaired) electrons. The molecule has 0 saturated heterocycles. The van der Waals surface area contributed by atoms with E-state index in [4.69, 9.17) is 27.8 Å². The number of rotatable bonds is 51. The predicted molar refractivity (Wildman–Crippen MR) is 268 cm³/mol. The SMILES string of the molecule is CCCCCCCCCCCCC(CCC)OC(C)OP(=O)(OC(C)OC(CCC)CCCCCCCCCCCC)OC(C)OC(CCC)CCCCCCCCCCCC. The van der Waals surface area contributed by atoms with Crippen LogP contribution in [0.1, 0.15) is 313 Å². The number of unbranched alkanes of at least 4 members (excludes halogenated alkanes) is 27. The van der Waals surface area contributed by atoms with Crippen molar-refractivity contribution in [2.75, 3.05) is 0 Å². The van der Waals surface area contributed by atoms with E-state index in [9.17, 15) is 4.57 Å². The third-order valence-corrected chi connectivity index (χ3v) is 14.1. The maximum absolute atomic E-state index is 14.7. The molecule has 0 spiro atoms. The lowest BCUT2D eigenvalue weighted by atomic mass is 10.0. The van der Waals surface area contributed by atoms with Crippen molar-refractivity contribution in [2.45, 2.75) is 350 Å². The molecular formula is C54H111O7P. The average molecular weight is 903 g/mol. The van der Waals surface area contributed by atoms with Crippen LogP contribution in [0.5, 0.6) is 0 Å². The van der Waals surface area contributed by atoms with Gasteiger partial charge in [0.1, 0.15) is 0 Å². The summed E-state index contributed by atoms with van der Waals surface area (Å²) in [6.07, 6.45) is 45.9. The molecule has 374 valence electrons. The van der Waals surface area contributed by atoms with Crippen LogP contribution in [-0.4, -0.2) is 37.2 Å². The van der Waals surface area contributed by atoms with Crippen LogP contribution in [0.3, 0.4) is 0 Å². The van der Waals surface area contributed by atoms with E-state index in [-0.39, 0.29) is 18.3 Å². The Morgan fingerprint density at radius 2 is 0.468 bits per heavy atom. The molecule has 0 rings (SSSR count). The minimum Gasteiger partial charge on any atom is -0.349 e. The second kappa shape index (κ2) is 46.1. The molecule has 6 unspecified atom stereocenters. The molecular weight excluding hydrogens is 792 g/mol. The topological polar surface area (TPSA) is 72.5 Å². The Labute approximate surface area is 388 Å². The van der Waals surface area contributed by atoms with Crippen molar-refractivity contribution in [3.63, 3.8) is 0 Å². The van der Waals surface area contributed by atoms with E-state index < -0.39 is 26.7 Å². The second-order valence-corrected chi connectivity index (χ2v) is 20.5. The normalized spacial score (nSPS) is 16.0. The number of phosphoric ester groups is 1. The first-order chi connectivity index (χ1) is 30.2. The van der Waals surface area contributed by atoms with E-state index in [1.807, 2.05) is 20.8 Å². The zero-order valence-corrected chi connectivity index (χ0v) is 44.2. The third-order valence-electron chi connectivity index (χ3n) is 12.5. The second-order valence-electron chi connectivity index (χ2n) is 19.0. The molecule has 0 bridgehead atoms. The molecule has 0 aliphatic carbocycles. The van der Waals surface area contributed by atoms with Crippen LogP contribution < -0.4 is 0 Å². The van der Waals surface area contributed by atoms with Crippen LogP contribution in [-0.2, 0) is 32.3 Å². The van der Waals surface area contributed by atoms with Crippen molar-refractivity contribution >= 4 is 7.82 Å². The fourth-order valence-electron chi connectivity index (χ4n) is 8.89. The van der Waals surface area contributed by atoms with Crippen molar-refractivity contribution in [1.82, 2.24) is 0 Å². The Kier molecular flexibility index (Phi) is 46.1. The van der Waals surface area contributed by atoms with Crippen LogP contribution in [0.4, 0.5) is 0 Å². The quantitative estimate of drug-likeness (QED) is 0.0342. The molecule has 0 saturated carbocycles. The molecule has 0 aromatic rings. The molecule has 8 heteroatoms. The van der Waals surface area contributed by atoms with E-state index in [1.54, 1.807) is 0 Å². The van der Waals surface area contributed by atoms with Gasteiger partial charge in [0.15, 0.2) is 18.9 Å². The number of hydrogen-bond donors (Lipinski definition) is 0. The summed E-state index contributed by atoms with van der Waals surface area (Å²) < 4.78 is 52.7. The molecule has 0 heterocycles. The summed E-state index contributed by atoms with van der Waals surface area (Å²) in [7, 11) is -4.15. The highest BCUT2D eigenvalue weighted by Gasteiger charge is 2.37. The molecule has 0 aromatic heterocycles. The van der Waals surface area contributed by atoms with Crippen molar-refractivity contribution < 1.29 is 32.3 Å². The van der Waals surface area contributed by atoms with Gasteiger partial charge < -0.3 is 14.2 Å². The molecule has 0 fully saturated rings. The fraction of sp³-hybridized carbons (Fsp3) is 1.00. The number of hydrogen-bond acceptors (Lipinski definition) is 7. The van der Waals surface area contributed by atoms with Gasteiger partial charge in [-0.05, 0) is 59.3 Å². The van der Waals surface area contributed by atoms with Crippen LogP contribution >= 0.6 is 7.82 Å². The van der Waals surface area contributed by atoms with Gasteiger partial charge in [-0.1, -0.05) is 253 Å². The predicted octanol–water partition coefficient (Wildman–Crippen LogP) is 19.7. The lowest BCUT2D eigenvalue weighted by Gasteiger charge is -2.31. The van der Waals surface area contributed by atoms with Crippen LogP contribution in [0.25, 0.3) is 0 Å². The van der Waals surface area contributed by atoms with Gasteiger partial charge in [-0.25, -0.2) is 4.57 Å². The van der Waals surface area contributed by atoms with Crippen LogP contribution in [0.2, 0.25) is 0 Å². The maximum Gasteiger partial charge on any atom is 0.481 e. The van der Waals surface area contributed by atoms with E-state index in [0.29, 0.717) is 0 Å². The van der Waals surface area contributed by atoms with E-state index >= 15 is 0 Å². The first-order valence-electron chi connectivity index (χ1n) is 27.8. The Hall–Kier alpha value is -0.0100. The summed E-state index contributed by atoms with van der Waals surface area (Å²) >= 11 is 0. The van der Waals surface area contributed by atoms with Crippen molar-refractivity contribution in [2.24, 2.45) is 0 Å². The summed E-state index contributed by atoms with van der Waals surface area (Å²) in [5.41, 5.74) is 0. The van der Waals surface area contributed by atoms with Gasteiger partial charge in [0.05, 0.1) is 18.3 Å². The number of ether oxygens (including phenoxy) is 3. The lowest BCUT2D eigenvalue weighted by molar-refractivity contribution is -0.178. The number of phosphoric acid groups is 1. The minimum absolute atomic E-state index is 0.0322. The molecule has 0 amide bonds. The summed E-state index contributed by atoms with van der Waals surface area (Å²) in [4.78, 5) is 0. The molecule has 0 aromatic carbocycles. The largest absolute Gasteiger partial charge is 0.481 e. The van der Waals surface area contributed by atoms with Gasteiger partial charge in [-0.15, -0.1) is 0 Å². The zero-order valence-electron chi connectivity index (χ0n) is 43.3. The molecule has 7 nitrogen and oxygen atoms in total. The van der Waals surface area contributed by atoms with Gasteiger partial charge in [0.2, 0.25) is 0 Å². The lowest BCUT2D eigenvalue weighted by Crippen LogP contribution is -2.28. The van der Waals surface area contributed by atoms with E-state index in [1.165, 1.54) is 173 Å². The van der Waals surface area contributed by atoms with Gasteiger partial charge in [-0.3, -0.25) is 13.6 Å². The molecule has 6 atom stereocenters. The van der Waals surface area contributed by atoms with Crippen molar-refractivity contribution in [3.05, 3.63) is 0 Å². The molecule has 62 heavy (non-hydrogen) atoms. The van der Waals surface area contributed by atoms with Gasteiger partial charge in [0.25, 0.3) is 0 Å². The highest BCUT2D eigenvalue weighted by atomic mass is 31.2. The Bertz CT molecular complexity index is 822. The van der Waals surface area contributed by atoms with Gasteiger partial charge in [-0.2, -0.15) is 0 Å². The zero-order chi connectivity index (χ0) is 45.8. The summed E-state index contributed by atoms with van der Waals surface area (Å²) in [5, 5.41) is 0. The Morgan fingerprint density at radius 3 is 0.661 bits per heavy atom. The van der Waals surface area contributed by atoms with Crippen molar-refractivity contribution in [3.8, 4) is 0 Å². The van der Waals surface area contributed by atoms with Crippen molar-refractivity contribution in [1.29, 1.82) is 0 Å². The van der Waals surface area contributed by atoms with Gasteiger partial charge >= 0.3 is 7.82 Å². The van der Waals surface area contributed by atoms with E-state index in [0.717, 1.165) is 77.0 Å². The fourth-order valence-corrected chi connectivity index (χ4v) is 10.3. The Balaban J connectivity index is 5.41. The highest BCUT2D eigenvalue weighted by molar-refractivity contribution is 7.48. The van der Waals surface area contributed by atoms with Gasteiger partial charge in [0, 0.05) is 0 Å². The molecule has 0 N–H and O–H groups in total. The van der Waals surface area contributed by atoms with E-state index in [2.05, 4.69) is 41.5 Å². The smallest absolute Gasteiger partial charge is 0.349 e.